The summed E-state index contributed by atoms with van der Waals surface area (Å²) >= 11 is 0. The first kappa shape index (κ1) is 21.3. The van der Waals surface area contributed by atoms with Crippen molar-refractivity contribution in [2.75, 3.05) is 19.6 Å². The number of hydrogen-bond donors (Lipinski definition) is 3. The van der Waals surface area contributed by atoms with E-state index in [2.05, 4.69) is 44.8 Å². The lowest BCUT2D eigenvalue weighted by Gasteiger charge is -2.29. The van der Waals surface area contributed by atoms with Crippen LogP contribution in [0.25, 0.3) is 0 Å². The van der Waals surface area contributed by atoms with E-state index >= 15 is 0 Å². The molecule has 0 aromatic heterocycles. The molecule has 0 atom stereocenters. The van der Waals surface area contributed by atoms with Crippen LogP contribution in [0.2, 0.25) is 0 Å². The summed E-state index contributed by atoms with van der Waals surface area (Å²) in [6.45, 7) is 6.72. The van der Waals surface area contributed by atoms with E-state index in [4.69, 9.17) is 0 Å². The van der Waals surface area contributed by atoms with Gasteiger partial charge in [-0.05, 0) is 48.6 Å². The van der Waals surface area contributed by atoms with Crippen LogP contribution in [-0.2, 0) is 19.6 Å². The Balaban J connectivity index is 1.50. The number of nitrogens with zero attached hydrogens (tertiary/aromatic N) is 2. The highest BCUT2D eigenvalue weighted by Crippen LogP contribution is 2.14. The van der Waals surface area contributed by atoms with Crippen LogP contribution >= 0.6 is 0 Å². The predicted octanol–water partition coefficient (Wildman–Crippen LogP) is 3.04. The first-order valence-corrected chi connectivity index (χ1v) is 10.4. The molecule has 156 valence electrons. The van der Waals surface area contributed by atoms with Gasteiger partial charge in [-0.1, -0.05) is 36.4 Å². The number of piperidine rings is 1. The maximum absolute atomic E-state index is 13.3. The zero-order chi connectivity index (χ0) is 20.5. The third-order valence-corrected chi connectivity index (χ3v) is 5.10. The van der Waals surface area contributed by atoms with E-state index in [0.29, 0.717) is 19.0 Å². The smallest absolute Gasteiger partial charge is 0.191 e. The molecule has 29 heavy (non-hydrogen) atoms. The monoisotopic (exact) mass is 398 g/mol. The van der Waals surface area contributed by atoms with Crippen LogP contribution in [0.4, 0.5) is 4.39 Å². The second-order valence-corrected chi connectivity index (χ2v) is 7.50. The van der Waals surface area contributed by atoms with Crippen molar-refractivity contribution in [2.45, 2.75) is 45.5 Å². The van der Waals surface area contributed by atoms with E-state index in [1.807, 2.05) is 13.0 Å². The minimum atomic E-state index is -0.239. The van der Waals surface area contributed by atoms with Crippen LogP contribution in [0.15, 0.2) is 53.5 Å². The summed E-state index contributed by atoms with van der Waals surface area (Å²) in [5.74, 6) is 0.476. The summed E-state index contributed by atoms with van der Waals surface area (Å²) in [5.41, 5.74) is 3.31. The number of halogens is 1. The van der Waals surface area contributed by atoms with Crippen LogP contribution in [0.1, 0.15) is 36.5 Å². The van der Waals surface area contributed by atoms with Gasteiger partial charge in [-0.2, -0.15) is 0 Å². The largest absolute Gasteiger partial charge is 0.393 e. The first-order valence-electron chi connectivity index (χ1n) is 10.4. The third-order valence-electron chi connectivity index (χ3n) is 5.10. The molecule has 2 aromatic carbocycles. The second kappa shape index (κ2) is 10.9. The number of benzene rings is 2. The number of guanidine groups is 1. The van der Waals surface area contributed by atoms with Gasteiger partial charge in [0, 0.05) is 32.7 Å². The van der Waals surface area contributed by atoms with Crippen molar-refractivity contribution >= 4 is 5.96 Å². The Labute approximate surface area is 172 Å². The summed E-state index contributed by atoms with van der Waals surface area (Å²) in [7, 11) is 0. The van der Waals surface area contributed by atoms with Gasteiger partial charge in [0.2, 0.25) is 0 Å². The molecule has 0 unspecified atom stereocenters. The SMILES string of the molecule is CCNC(=NCc1cccc(F)c1)NCc1ccc(CN2CCC(O)CC2)cc1. The zero-order valence-corrected chi connectivity index (χ0v) is 17.1. The number of aliphatic hydroxyl groups is 1. The van der Waals surface area contributed by atoms with E-state index in [1.54, 1.807) is 6.07 Å². The van der Waals surface area contributed by atoms with Crippen molar-refractivity contribution in [2.24, 2.45) is 4.99 Å². The van der Waals surface area contributed by atoms with Gasteiger partial charge in [-0.25, -0.2) is 9.38 Å². The average molecular weight is 399 g/mol. The zero-order valence-electron chi connectivity index (χ0n) is 17.1. The van der Waals surface area contributed by atoms with Crippen LogP contribution in [0.3, 0.4) is 0 Å². The minimum Gasteiger partial charge on any atom is -0.393 e. The molecule has 5 nitrogen and oxygen atoms in total. The Bertz CT molecular complexity index is 786. The molecule has 1 heterocycles. The molecule has 3 N–H and O–H groups in total. The standard InChI is InChI=1S/C23H31FN4O/c1-2-25-23(27-16-20-4-3-5-21(24)14-20)26-15-18-6-8-19(9-7-18)17-28-12-10-22(29)11-13-28/h3-9,14,22,29H,2,10-13,15-17H2,1H3,(H2,25,26,27). The Morgan fingerprint density at radius 2 is 1.79 bits per heavy atom. The van der Waals surface area contributed by atoms with E-state index in [1.165, 1.54) is 23.3 Å². The molecule has 1 aliphatic heterocycles. The van der Waals surface area contributed by atoms with Gasteiger partial charge < -0.3 is 15.7 Å². The molecule has 3 rings (SSSR count). The number of likely N-dealkylation sites (tertiary alicyclic amines) is 1. The van der Waals surface area contributed by atoms with Gasteiger partial charge in [0.25, 0.3) is 0 Å². The van der Waals surface area contributed by atoms with Crippen LogP contribution in [0, 0.1) is 5.82 Å². The fourth-order valence-electron chi connectivity index (χ4n) is 3.43. The Hall–Kier alpha value is -2.44. The van der Waals surface area contributed by atoms with E-state index < -0.39 is 0 Å². The maximum atomic E-state index is 13.3. The molecular weight excluding hydrogens is 367 g/mol. The van der Waals surface area contributed by atoms with E-state index in [0.717, 1.165) is 44.6 Å². The molecule has 6 heteroatoms. The minimum absolute atomic E-state index is 0.131. The van der Waals surface area contributed by atoms with E-state index in [9.17, 15) is 9.50 Å². The first-order chi connectivity index (χ1) is 14.1. The van der Waals surface area contributed by atoms with Crippen molar-refractivity contribution in [1.82, 2.24) is 15.5 Å². The van der Waals surface area contributed by atoms with Gasteiger partial charge in [-0.3, -0.25) is 4.90 Å². The molecule has 0 spiro atoms. The fraction of sp³-hybridized carbons (Fsp3) is 0.435. The number of aliphatic imine (C=N–C) groups is 1. The lowest BCUT2D eigenvalue weighted by atomic mass is 10.1. The predicted molar refractivity (Wildman–Crippen MR) is 115 cm³/mol. The Morgan fingerprint density at radius 1 is 1.07 bits per heavy atom. The summed E-state index contributed by atoms with van der Waals surface area (Å²) in [4.78, 5) is 6.93. The number of rotatable bonds is 7. The fourth-order valence-corrected chi connectivity index (χ4v) is 3.43. The molecule has 2 aromatic rings. The summed E-state index contributed by atoms with van der Waals surface area (Å²) in [6.07, 6.45) is 1.60. The lowest BCUT2D eigenvalue weighted by molar-refractivity contribution is 0.0792. The molecule has 1 aliphatic rings. The Morgan fingerprint density at radius 3 is 2.48 bits per heavy atom. The molecule has 0 saturated carbocycles. The highest BCUT2D eigenvalue weighted by atomic mass is 19.1. The van der Waals surface area contributed by atoms with E-state index in [-0.39, 0.29) is 11.9 Å². The van der Waals surface area contributed by atoms with Crippen molar-refractivity contribution in [3.05, 3.63) is 71.0 Å². The van der Waals surface area contributed by atoms with Crippen molar-refractivity contribution in [3.63, 3.8) is 0 Å². The highest BCUT2D eigenvalue weighted by molar-refractivity contribution is 5.79. The van der Waals surface area contributed by atoms with Crippen molar-refractivity contribution < 1.29 is 9.50 Å². The molecule has 0 radical (unpaired) electrons. The quantitative estimate of drug-likeness (QED) is 0.496. The molecule has 0 amide bonds. The highest BCUT2D eigenvalue weighted by Gasteiger charge is 2.16. The summed E-state index contributed by atoms with van der Waals surface area (Å²) in [6, 6.07) is 15.1. The number of aliphatic hydroxyl groups excluding tert-OH is 1. The average Bonchev–Trinajstić information content (AvgIpc) is 2.73. The molecule has 0 aliphatic carbocycles. The molecule has 0 bridgehead atoms. The third kappa shape index (κ3) is 7.15. The van der Waals surface area contributed by atoms with Gasteiger partial charge in [-0.15, -0.1) is 0 Å². The van der Waals surface area contributed by atoms with Crippen LogP contribution in [0.5, 0.6) is 0 Å². The second-order valence-electron chi connectivity index (χ2n) is 7.50. The topological polar surface area (TPSA) is 59.9 Å². The normalized spacial score (nSPS) is 16.0. The van der Waals surface area contributed by atoms with Crippen molar-refractivity contribution in [1.29, 1.82) is 0 Å². The molecule has 1 fully saturated rings. The molecule has 1 saturated heterocycles. The van der Waals surface area contributed by atoms with Crippen LogP contribution < -0.4 is 10.6 Å². The molecular formula is C23H31FN4O. The maximum Gasteiger partial charge on any atom is 0.191 e. The van der Waals surface area contributed by atoms with Gasteiger partial charge in [0.1, 0.15) is 5.82 Å². The summed E-state index contributed by atoms with van der Waals surface area (Å²) < 4.78 is 13.3. The number of nitrogens with one attached hydrogen (secondary N) is 2. The summed E-state index contributed by atoms with van der Waals surface area (Å²) in [5, 5.41) is 16.2. The lowest BCUT2D eigenvalue weighted by Crippen LogP contribution is -2.36. The van der Waals surface area contributed by atoms with Gasteiger partial charge in [0.05, 0.1) is 12.6 Å². The Kier molecular flexibility index (Phi) is 8.02. The van der Waals surface area contributed by atoms with Crippen molar-refractivity contribution in [3.8, 4) is 0 Å². The number of hydrogen-bond acceptors (Lipinski definition) is 3. The van der Waals surface area contributed by atoms with Gasteiger partial charge in [0.15, 0.2) is 5.96 Å². The van der Waals surface area contributed by atoms with Crippen LogP contribution in [-0.4, -0.2) is 41.7 Å². The van der Waals surface area contributed by atoms with Gasteiger partial charge >= 0.3 is 0 Å².